The number of halogens is 1. The van der Waals surface area contributed by atoms with Crippen LogP contribution in [-0.4, -0.2) is 66.4 Å². The van der Waals surface area contributed by atoms with Gasteiger partial charge in [0.15, 0.2) is 34.5 Å². The van der Waals surface area contributed by atoms with Gasteiger partial charge in [0.1, 0.15) is 11.4 Å². The van der Waals surface area contributed by atoms with Crippen LogP contribution in [0.15, 0.2) is 59.9 Å². The summed E-state index contributed by atoms with van der Waals surface area (Å²) in [6, 6.07) is 13.6. The lowest BCUT2D eigenvalue weighted by atomic mass is 10.0. The van der Waals surface area contributed by atoms with Crippen molar-refractivity contribution < 1.29 is 42.8 Å². The number of nitrogens with zero attached hydrogens (tertiary/aromatic N) is 2. The predicted octanol–water partition coefficient (Wildman–Crippen LogP) is 5.33. The number of oxime groups is 1. The molecule has 42 heavy (non-hydrogen) atoms. The van der Waals surface area contributed by atoms with E-state index in [1.165, 1.54) is 47.7 Å². The average Bonchev–Trinajstić information content (AvgIpc) is 3.02. The van der Waals surface area contributed by atoms with E-state index in [2.05, 4.69) is 10.1 Å². The van der Waals surface area contributed by atoms with Crippen LogP contribution in [0.4, 0.5) is 0 Å². The highest BCUT2D eigenvalue weighted by molar-refractivity contribution is 6.18. The van der Waals surface area contributed by atoms with Gasteiger partial charge in [0.2, 0.25) is 5.75 Å². The smallest absolute Gasteiger partial charge is 0.366 e. The molecule has 0 amide bonds. The number of aromatic nitrogens is 1. The number of benzene rings is 3. The Bertz CT molecular complexity index is 1580. The predicted molar refractivity (Wildman–Crippen MR) is 159 cm³/mol. The molecular formula is C30H31ClN2O9. The molecule has 0 spiro atoms. The summed E-state index contributed by atoms with van der Waals surface area (Å²) in [7, 11) is 10.5. The Balaban J connectivity index is 0.00000484. The van der Waals surface area contributed by atoms with Gasteiger partial charge in [-0.2, -0.15) is 0 Å². The van der Waals surface area contributed by atoms with Gasteiger partial charge in [0.25, 0.3) is 0 Å². The van der Waals surface area contributed by atoms with Crippen LogP contribution in [-0.2, 0) is 4.84 Å². The lowest BCUT2D eigenvalue weighted by molar-refractivity contribution is 0.0516. The fourth-order valence-electron chi connectivity index (χ4n) is 4.24. The minimum Gasteiger partial charge on any atom is -0.493 e. The monoisotopic (exact) mass is 598 g/mol. The molecule has 11 nitrogen and oxygen atoms in total. The number of ether oxygens (including phenoxy) is 7. The molecule has 4 rings (SSSR count). The van der Waals surface area contributed by atoms with Crippen molar-refractivity contribution in [3.8, 4) is 40.2 Å². The summed E-state index contributed by atoms with van der Waals surface area (Å²) in [5, 5.41) is 5.78. The molecule has 0 aliphatic rings. The molecule has 0 aliphatic carbocycles. The fourth-order valence-corrected chi connectivity index (χ4v) is 4.24. The van der Waals surface area contributed by atoms with Crippen molar-refractivity contribution in [2.45, 2.75) is 0 Å². The number of pyridine rings is 1. The Morgan fingerprint density at radius 2 is 1.17 bits per heavy atom. The van der Waals surface area contributed by atoms with Gasteiger partial charge in [-0.3, -0.25) is 4.98 Å². The van der Waals surface area contributed by atoms with Crippen molar-refractivity contribution in [1.82, 2.24) is 4.98 Å². The highest BCUT2D eigenvalue weighted by Gasteiger charge is 2.21. The van der Waals surface area contributed by atoms with Gasteiger partial charge < -0.3 is 38.0 Å². The van der Waals surface area contributed by atoms with Crippen LogP contribution in [0.1, 0.15) is 21.6 Å². The topological polar surface area (TPSA) is 116 Å². The first-order valence-corrected chi connectivity index (χ1v) is 12.3. The van der Waals surface area contributed by atoms with E-state index in [1.807, 2.05) is 12.1 Å². The van der Waals surface area contributed by atoms with E-state index < -0.39 is 5.97 Å². The molecule has 0 aliphatic heterocycles. The molecule has 0 fully saturated rings. The number of fused-ring (bicyclic) bond motifs is 1. The molecule has 0 saturated heterocycles. The van der Waals surface area contributed by atoms with Crippen LogP contribution < -0.4 is 33.2 Å². The number of hydrogen-bond donors (Lipinski definition) is 0. The van der Waals surface area contributed by atoms with Crippen molar-refractivity contribution >= 4 is 34.9 Å². The van der Waals surface area contributed by atoms with Gasteiger partial charge in [0, 0.05) is 17.1 Å². The van der Waals surface area contributed by atoms with E-state index in [1.54, 1.807) is 44.7 Å². The van der Waals surface area contributed by atoms with Crippen LogP contribution in [0.3, 0.4) is 0 Å². The lowest BCUT2D eigenvalue weighted by Gasteiger charge is -2.15. The summed E-state index contributed by atoms with van der Waals surface area (Å²) in [5.41, 5.74) is 1.36. The van der Waals surface area contributed by atoms with Crippen molar-refractivity contribution in [3.05, 3.63) is 71.5 Å². The second-order valence-corrected chi connectivity index (χ2v) is 8.39. The molecule has 1 aromatic heterocycles. The standard InChI is InChI=1S/C30H30N2O9.ClH/c1-34-21-9-8-18(13-22(21)35-2)27(28-20-16-24(37-4)23(36-3)12-17(20)10-11-31-28)32-41-30(33)19-14-25(38-5)29(40-7)26(15-19)39-6;/h8-16H,1-7H3;1H/b32-27-;. The number of methoxy groups -OCH3 is 7. The van der Waals surface area contributed by atoms with Crippen molar-refractivity contribution in [3.63, 3.8) is 0 Å². The van der Waals surface area contributed by atoms with Gasteiger partial charge in [-0.25, -0.2) is 4.79 Å². The molecule has 1 heterocycles. The number of carbonyl (C=O) groups is 1. The average molecular weight is 599 g/mol. The highest BCUT2D eigenvalue weighted by Crippen LogP contribution is 2.39. The van der Waals surface area contributed by atoms with E-state index in [9.17, 15) is 4.79 Å². The van der Waals surface area contributed by atoms with Crippen molar-refractivity contribution in [1.29, 1.82) is 0 Å². The van der Waals surface area contributed by atoms with Gasteiger partial charge >= 0.3 is 5.97 Å². The number of rotatable bonds is 11. The first kappa shape index (κ1) is 31.6. The van der Waals surface area contributed by atoms with E-state index in [0.717, 1.165) is 5.39 Å². The summed E-state index contributed by atoms with van der Waals surface area (Å²) >= 11 is 0. The summed E-state index contributed by atoms with van der Waals surface area (Å²) in [5.74, 6) is 2.17. The Kier molecular flexibility index (Phi) is 10.6. The maximum Gasteiger partial charge on any atom is 0.366 e. The second-order valence-electron chi connectivity index (χ2n) is 8.39. The fraction of sp³-hybridized carbons (Fsp3) is 0.233. The van der Waals surface area contributed by atoms with Gasteiger partial charge in [0.05, 0.1) is 55.3 Å². The minimum atomic E-state index is -0.762. The third kappa shape index (κ3) is 6.21. The maximum absolute atomic E-state index is 13.2. The van der Waals surface area contributed by atoms with Gasteiger partial charge in [-0.15, -0.1) is 12.4 Å². The molecule has 0 saturated carbocycles. The quantitative estimate of drug-likeness (QED) is 0.127. The van der Waals surface area contributed by atoms with E-state index in [4.69, 9.17) is 38.0 Å². The molecule has 0 N–H and O–H groups in total. The Morgan fingerprint density at radius 3 is 1.74 bits per heavy atom. The maximum atomic E-state index is 13.2. The molecule has 12 heteroatoms. The molecule has 0 radical (unpaired) electrons. The summed E-state index contributed by atoms with van der Waals surface area (Å²) < 4.78 is 37.9. The molecule has 0 unspecified atom stereocenters. The zero-order valence-electron chi connectivity index (χ0n) is 24.2. The van der Waals surface area contributed by atoms with Gasteiger partial charge in [-0.05, 0) is 53.9 Å². The number of carbonyl (C=O) groups excluding carboxylic acids is 1. The van der Waals surface area contributed by atoms with Crippen molar-refractivity contribution in [2.24, 2.45) is 5.16 Å². The summed E-state index contributed by atoms with van der Waals surface area (Å²) in [4.78, 5) is 23.3. The largest absolute Gasteiger partial charge is 0.493 e. The Hall–Kier alpha value is -4.90. The van der Waals surface area contributed by atoms with Crippen LogP contribution in [0.2, 0.25) is 0 Å². The molecule has 0 atom stereocenters. The van der Waals surface area contributed by atoms with Crippen LogP contribution in [0, 0.1) is 0 Å². The lowest BCUT2D eigenvalue weighted by Crippen LogP contribution is -2.11. The third-order valence-corrected chi connectivity index (χ3v) is 6.27. The first-order valence-electron chi connectivity index (χ1n) is 12.3. The summed E-state index contributed by atoms with van der Waals surface area (Å²) in [6.07, 6.45) is 1.63. The molecule has 222 valence electrons. The van der Waals surface area contributed by atoms with Crippen LogP contribution in [0.25, 0.3) is 10.8 Å². The SMILES string of the molecule is COc1ccc(/C(=N/OC(=O)c2cc(OC)c(OC)c(OC)c2)c2nccc3cc(OC)c(OC)cc23)cc1OC.Cl. The van der Waals surface area contributed by atoms with E-state index >= 15 is 0 Å². The van der Waals surface area contributed by atoms with Crippen molar-refractivity contribution in [2.75, 3.05) is 49.8 Å². The molecule has 0 bridgehead atoms. The minimum absolute atomic E-state index is 0. The second kappa shape index (κ2) is 14.1. The molecular weight excluding hydrogens is 568 g/mol. The Labute approximate surface area is 249 Å². The molecule has 4 aromatic rings. The zero-order chi connectivity index (χ0) is 29.5. The van der Waals surface area contributed by atoms with E-state index in [-0.39, 0.29) is 23.7 Å². The van der Waals surface area contributed by atoms with Crippen LogP contribution >= 0.6 is 12.4 Å². The van der Waals surface area contributed by atoms with Gasteiger partial charge in [-0.1, -0.05) is 5.16 Å². The molecule has 3 aromatic carbocycles. The summed E-state index contributed by atoms with van der Waals surface area (Å²) in [6.45, 7) is 0. The zero-order valence-corrected chi connectivity index (χ0v) is 25.0. The first-order chi connectivity index (χ1) is 19.9. The normalized spacial score (nSPS) is 10.8. The third-order valence-electron chi connectivity index (χ3n) is 6.27. The van der Waals surface area contributed by atoms with E-state index in [0.29, 0.717) is 56.9 Å². The highest BCUT2D eigenvalue weighted by atomic mass is 35.5. The number of hydrogen-bond acceptors (Lipinski definition) is 11. The van der Waals surface area contributed by atoms with Crippen LogP contribution in [0.5, 0.6) is 40.2 Å². The Morgan fingerprint density at radius 1 is 0.619 bits per heavy atom.